The number of aromatic nitrogens is 4. The van der Waals surface area contributed by atoms with Gasteiger partial charge in [0.1, 0.15) is 5.82 Å². The van der Waals surface area contributed by atoms with Gasteiger partial charge in [-0.15, -0.1) is 10.2 Å². The van der Waals surface area contributed by atoms with Crippen LogP contribution in [0.2, 0.25) is 0 Å². The van der Waals surface area contributed by atoms with Crippen LogP contribution in [0.15, 0.2) is 47.8 Å². The number of nitrogens with one attached hydrogen (secondary N) is 1. The summed E-state index contributed by atoms with van der Waals surface area (Å²) in [7, 11) is 1.95. The Hall–Kier alpha value is -2.75. The van der Waals surface area contributed by atoms with E-state index >= 15 is 0 Å². The topological polar surface area (TPSA) is 64.7 Å². The molecule has 29 heavy (non-hydrogen) atoms. The summed E-state index contributed by atoms with van der Waals surface area (Å²) in [6.07, 6.45) is -1.89. The summed E-state index contributed by atoms with van der Waals surface area (Å²) < 4.78 is 42.3. The molecule has 0 aliphatic heterocycles. The molecule has 3 rings (SSSR count). The number of aryl methyl sites for hydroxylation is 1. The summed E-state index contributed by atoms with van der Waals surface area (Å²) in [5, 5.41) is 11.5. The Morgan fingerprint density at radius 2 is 2.00 bits per heavy atom. The van der Waals surface area contributed by atoms with Gasteiger partial charge in [-0.1, -0.05) is 17.8 Å². The highest BCUT2D eigenvalue weighted by Gasteiger charge is 2.30. The number of nitrogens with zero attached hydrogens (tertiary/aromatic N) is 4. The van der Waals surface area contributed by atoms with Gasteiger partial charge >= 0.3 is 6.18 Å². The van der Waals surface area contributed by atoms with E-state index in [2.05, 4.69) is 15.5 Å². The average Bonchev–Trinajstić information content (AvgIpc) is 3.25. The number of alkyl halides is 3. The fourth-order valence-corrected chi connectivity index (χ4v) is 3.64. The summed E-state index contributed by atoms with van der Waals surface area (Å²) in [5.74, 6) is 0.387. The minimum absolute atomic E-state index is 0.0124. The van der Waals surface area contributed by atoms with Crippen LogP contribution < -0.4 is 5.32 Å². The molecule has 3 aromatic rings. The van der Waals surface area contributed by atoms with Crippen molar-refractivity contribution in [2.75, 3.05) is 11.1 Å². The zero-order valence-electron chi connectivity index (χ0n) is 15.9. The van der Waals surface area contributed by atoms with Gasteiger partial charge in [-0.25, -0.2) is 0 Å². The first kappa shape index (κ1) is 21.0. The molecule has 0 radical (unpaired) electrons. The molecular weight excluding hydrogens is 403 g/mol. The minimum Gasteiger partial charge on any atom is -0.354 e. The third kappa shape index (κ3) is 5.20. The average molecular weight is 423 g/mol. The standard InChI is InChI=1S/C19H20F3N5OS/c1-3-27-16(11-15-8-5-9-26(15)2)24-25-18(27)29-12-17(28)23-14-7-4-6-13(10-14)19(20,21)22/h4-10H,3,11-12H2,1-2H3,(H,23,28). The van der Waals surface area contributed by atoms with Gasteiger partial charge in [0.15, 0.2) is 5.16 Å². The van der Waals surface area contributed by atoms with Crippen LogP contribution in [0.1, 0.15) is 24.0 Å². The molecule has 6 nitrogen and oxygen atoms in total. The van der Waals surface area contributed by atoms with Crippen LogP contribution in [0, 0.1) is 0 Å². The number of amides is 1. The summed E-state index contributed by atoms with van der Waals surface area (Å²) in [6.45, 7) is 2.61. The van der Waals surface area contributed by atoms with E-state index in [0.29, 0.717) is 18.1 Å². The molecule has 0 aliphatic rings. The molecule has 0 atom stereocenters. The van der Waals surface area contributed by atoms with Gasteiger partial charge in [-0.2, -0.15) is 13.2 Å². The largest absolute Gasteiger partial charge is 0.416 e. The molecule has 2 aromatic heterocycles. The van der Waals surface area contributed by atoms with Crippen LogP contribution in [0.25, 0.3) is 0 Å². The molecule has 0 fully saturated rings. The van der Waals surface area contributed by atoms with Crippen molar-refractivity contribution in [3.63, 3.8) is 0 Å². The van der Waals surface area contributed by atoms with Gasteiger partial charge in [0.2, 0.25) is 5.91 Å². The maximum absolute atomic E-state index is 12.8. The Morgan fingerprint density at radius 1 is 1.21 bits per heavy atom. The Labute approximate surface area is 170 Å². The second-order valence-electron chi connectivity index (χ2n) is 6.35. The molecule has 1 amide bonds. The van der Waals surface area contributed by atoms with Crippen LogP contribution in [0.5, 0.6) is 0 Å². The molecule has 0 saturated carbocycles. The van der Waals surface area contributed by atoms with Gasteiger partial charge in [0.05, 0.1) is 11.3 Å². The fraction of sp³-hybridized carbons (Fsp3) is 0.316. The van der Waals surface area contributed by atoms with Crippen molar-refractivity contribution >= 4 is 23.4 Å². The number of rotatable bonds is 7. The van der Waals surface area contributed by atoms with Crippen LogP contribution in [0.4, 0.5) is 18.9 Å². The van der Waals surface area contributed by atoms with Crippen LogP contribution >= 0.6 is 11.8 Å². The van der Waals surface area contributed by atoms with Gasteiger partial charge in [-0.3, -0.25) is 4.79 Å². The SMILES string of the molecule is CCn1c(Cc2cccn2C)nnc1SCC(=O)Nc1cccc(C(F)(F)F)c1. The smallest absolute Gasteiger partial charge is 0.354 e. The second kappa shape index (κ2) is 8.73. The Morgan fingerprint density at radius 3 is 2.66 bits per heavy atom. The summed E-state index contributed by atoms with van der Waals surface area (Å²) in [5.41, 5.74) is 0.386. The van der Waals surface area contributed by atoms with Crippen LogP contribution in [-0.2, 0) is 31.0 Å². The van der Waals surface area contributed by atoms with Crippen molar-refractivity contribution in [2.24, 2.45) is 7.05 Å². The predicted octanol–water partition coefficient (Wildman–Crippen LogP) is 3.98. The van der Waals surface area contributed by atoms with Crippen LogP contribution in [-0.4, -0.2) is 31.0 Å². The van der Waals surface area contributed by atoms with Crippen molar-refractivity contribution in [1.29, 1.82) is 0 Å². The van der Waals surface area contributed by atoms with Gasteiger partial charge in [-0.05, 0) is 37.3 Å². The van der Waals surface area contributed by atoms with Gasteiger partial charge < -0.3 is 14.5 Å². The van der Waals surface area contributed by atoms with Crippen molar-refractivity contribution < 1.29 is 18.0 Å². The molecule has 1 aromatic carbocycles. The molecule has 0 unspecified atom stereocenters. The number of halogens is 3. The van der Waals surface area contributed by atoms with Crippen molar-refractivity contribution in [3.8, 4) is 0 Å². The van der Waals surface area contributed by atoms with E-state index in [1.807, 2.05) is 41.4 Å². The van der Waals surface area contributed by atoms with E-state index in [-0.39, 0.29) is 11.4 Å². The third-order valence-corrected chi connectivity index (χ3v) is 5.27. The third-order valence-electron chi connectivity index (χ3n) is 4.31. The minimum atomic E-state index is -4.46. The highest BCUT2D eigenvalue weighted by molar-refractivity contribution is 7.99. The number of carbonyl (C=O) groups excluding carboxylic acids is 1. The van der Waals surface area contributed by atoms with Crippen molar-refractivity contribution in [1.82, 2.24) is 19.3 Å². The lowest BCUT2D eigenvalue weighted by Crippen LogP contribution is -2.15. The van der Waals surface area contributed by atoms with Crippen LogP contribution in [0.3, 0.4) is 0 Å². The zero-order valence-corrected chi connectivity index (χ0v) is 16.7. The Balaban J connectivity index is 1.63. The molecule has 2 heterocycles. The van der Waals surface area contributed by atoms with Crippen molar-refractivity contribution in [3.05, 3.63) is 59.7 Å². The van der Waals surface area contributed by atoms with Gasteiger partial charge in [0, 0.05) is 37.6 Å². The lowest BCUT2D eigenvalue weighted by molar-refractivity contribution is -0.137. The molecular formula is C19H20F3N5OS. The van der Waals surface area contributed by atoms with Gasteiger partial charge in [0.25, 0.3) is 0 Å². The molecule has 0 bridgehead atoms. The van der Waals surface area contributed by atoms with E-state index in [4.69, 9.17) is 0 Å². The molecule has 0 saturated heterocycles. The predicted molar refractivity (Wildman–Crippen MR) is 105 cm³/mol. The molecule has 0 spiro atoms. The highest BCUT2D eigenvalue weighted by atomic mass is 32.2. The first-order valence-corrected chi connectivity index (χ1v) is 9.88. The number of hydrogen-bond donors (Lipinski definition) is 1. The quantitative estimate of drug-likeness (QED) is 0.584. The number of anilines is 1. The van der Waals surface area contributed by atoms with E-state index in [9.17, 15) is 18.0 Å². The Bertz CT molecular complexity index is 996. The summed E-state index contributed by atoms with van der Waals surface area (Å²) >= 11 is 1.19. The normalized spacial score (nSPS) is 11.6. The summed E-state index contributed by atoms with van der Waals surface area (Å²) in [6, 6.07) is 8.51. The molecule has 10 heteroatoms. The fourth-order valence-electron chi connectivity index (χ4n) is 2.82. The second-order valence-corrected chi connectivity index (χ2v) is 7.29. The van der Waals surface area contributed by atoms with E-state index in [0.717, 1.165) is 23.7 Å². The van der Waals surface area contributed by atoms with E-state index < -0.39 is 17.6 Å². The molecule has 0 aliphatic carbocycles. The first-order valence-electron chi connectivity index (χ1n) is 8.90. The maximum Gasteiger partial charge on any atom is 0.416 e. The number of hydrogen-bond acceptors (Lipinski definition) is 4. The zero-order chi connectivity index (χ0) is 21.0. The summed E-state index contributed by atoms with van der Waals surface area (Å²) in [4.78, 5) is 12.2. The Kier molecular flexibility index (Phi) is 6.31. The maximum atomic E-state index is 12.8. The first-order chi connectivity index (χ1) is 13.8. The molecule has 154 valence electrons. The number of benzene rings is 1. The van der Waals surface area contributed by atoms with Crippen molar-refractivity contribution in [2.45, 2.75) is 31.2 Å². The lowest BCUT2D eigenvalue weighted by Gasteiger charge is -2.10. The lowest BCUT2D eigenvalue weighted by atomic mass is 10.2. The molecule has 1 N–H and O–H groups in total. The number of carbonyl (C=O) groups is 1. The highest BCUT2D eigenvalue weighted by Crippen LogP contribution is 2.30. The number of thioether (sulfide) groups is 1. The monoisotopic (exact) mass is 423 g/mol. The van der Waals surface area contributed by atoms with E-state index in [1.165, 1.54) is 23.9 Å². The van der Waals surface area contributed by atoms with E-state index in [1.54, 1.807) is 0 Å².